The summed E-state index contributed by atoms with van der Waals surface area (Å²) in [6.45, 7) is 4.56. The lowest BCUT2D eigenvalue weighted by molar-refractivity contribution is -0.383. The van der Waals surface area contributed by atoms with Crippen LogP contribution in [-0.2, 0) is 4.79 Å². The molecule has 1 N–H and O–H groups in total. The number of nitrogens with zero attached hydrogens (tertiary/aromatic N) is 4. The van der Waals surface area contributed by atoms with E-state index in [4.69, 9.17) is 23.2 Å². The number of rotatable bonds is 5. The summed E-state index contributed by atoms with van der Waals surface area (Å²) in [6.07, 6.45) is 3.17. The van der Waals surface area contributed by atoms with E-state index >= 15 is 0 Å². The summed E-state index contributed by atoms with van der Waals surface area (Å²) in [4.78, 5) is 32.1. The van der Waals surface area contributed by atoms with Gasteiger partial charge < -0.3 is 10.2 Å². The van der Waals surface area contributed by atoms with Crippen molar-refractivity contribution in [2.24, 2.45) is 0 Å². The number of nitro benzene ring substituents is 1. The van der Waals surface area contributed by atoms with Gasteiger partial charge in [-0.25, -0.2) is 0 Å². The number of amides is 1. The Morgan fingerprint density at radius 2 is 1.88 bits per heavy atom. The molecule has 1 saturated heterocycles. The first-order chi connectivity index (χ1) is 15.4. The fourth-order valence-corrected chi connectivity index (χ4v) is 4.30. The number of carbonyl (C=O) groups is 1. The first-order valence-electron chi connectivity index (χ1n) is 10.1. The first-order valence-corrected chi connectivity index (χ1v) is 10.9. The summed E-state index contributed by atoms with van der Waals surface area (Å²) >= 11 is 12.2. The summed E-state index contributed by atoms with van der Waals surface area (Å²) < 4.78 is 0. The minimum Gasteiger partial charge on any atom is -0.368 e. The van der Waals surface area contributed by atoms with Crippen LogP contribution in [0.3, 0.4) is 0 Å². The molecule has 1 aliphatic rings. The topological polar surface area (TPSA) is 91.6 Å². The van der Waals surface area contributed by atoms with Gasteiger partial charge in [-0.1, -0.05) is 29.3 Å². The molecule has 1 aromatic heterocycles. The summed E-state index contributed by atoms with van der Waals surface area (Å²) in [7, 11) is 0. The van der Waals surface area contributed by atoms with Crippen LogP contribution >= 0.6 is 23.2 Å². The third-order valence-corrected chi connectivity index (χ3v) is 6.58. The van der Waals surface area contributed by atoms with Gasteiger partial charge in [0, 0.05) is 55.7 Å². The molecule has 166 valence electrons. The highest BCUT2D eigenvalue weighted by Gasteiger charge is 2.27. The number of aromatic nitrogens is 1. The van der Waals surface area contributed by atoms with Gasteiger partial charge in [-0.05, 0) is 31.2 Å². The Bertz CT molecular complexity index is 1180. The molecule has 1 unspecified atom stereocenters. The lowest BCUT2D eigenvalue weighted by Gasteiger charge is -2.39. The van der Waals surface area contributed by atoms with Crippen LogP contribution in [0.1, 0.15) is 6.92 Å². The quantitative estimate of drug-likeness (QED) is 0.430. The highest BCUT2D eigenvalue weighted by molar-refractivity contribution is 6.44. The Morgan fingerprint density at radius 1 is 1.12 bits per heavy atom. The monoisotopic (exact) mass is 473 g/mol. The molecule has 1 amide bonds. The number of nitrogens with one attached hydrogen (secondary N) is 1. The summed E-state index contributed by atoms with van der Waals surface area (Å²) in [6, 6.07) is 9.87. The molecule has 2 aromatic carbocycles. The van der Waals surface area contributed by atoms with Gasteiger partial charge in [-0.15, -0.1) is 0 Å². The van der Waals surface area contributed by atoms with Crippen molar-refractivity contribution in [2.75, 3.05) is 36.4 Å². The number of benzene rings is 2. The molecular weight excluding hydrogens is 453 g/mol. The first kappa shape index (κ1) is 22.3. The fourth-order valence-electron chi connectivity index (χ4n) is 3.95. The number of fused-ring (bicyclic) bond motifs is 1. The van der Waals surface area contributed by atoms with Crippen LogP contribution in [0, 0.1) is 10.1 Å². The third kappa shape index (κ3) is 4.34. The van der Waals surface area contributed by atoms with Gasteiger partial charge in [0.15, 0.2) is 0 Å². The second-order valence-electron chi connectivity index (χ2n) is 7.57. The molecule has 32 heavy (non-hydrogen) atoms. The average molecular weight is 474 g/mol. The van der Waals surface area contributed by atoms with Gasteiger partial charge in [-0.3, -0.25) is 24.8 Å². The Kier molecular flexibility index (Phi) is 6.45. The Labute approximate surface area is 194 Å². The van der Waals surface area contributed by atoms with Crippen molar-refractivity contribution in [1.29, 1.82) is 0 Å². The summed E-state index contributed by atoms with van der Waals surface area (Å²) in [5, 5.41) is 16.2. The summed E-state index contributed by atoms with van der Waals surface area (Å²) in [5.74, 6) is -0.158. The number of carbonyl (C=O) groups excluding carboxylic acids is 1. The number of hydrogen-bond acceptors (Lipinski definition) is 6. The third-order valence-electron chi connectivity index (χ3n) is 5.76. The average Bonchev–Trinajstić information content (AvgIpc) is 2.80. The lowest BCUT2D eigenvalue weighted by atomic mass is 10.1. The van der Waals surface area contributed by atoms with Crippen molar-refractivity contribution in [2.45, 2.75) is 13.0 Å². The van der Waals surface area contributed by atoms with Crippen molar-refractivity contribution in [1.82, 2.24) is 9.88 Å². The number of non-ortho nitro benzene ring substituents is 1. The van der Waals surface area contributed by atoms with Crippen LogP contribution in [-0.4, -0.2) is 52.9 Å². The smallest absolute Gasteiger partial charge is 0.278 e. The van der Waals surface area contributed by atoms with Crippen LogP contribution in [0.2, 0.25) is 10.0 Å². The van der Waals surface area contributed by atoms with E-state index in [1.807, 2.05) is 6.92 Å². The maximum Gasteiger partial charge on any atom is 0.278 e. The molecule has 4 rings (SSSR count). The van der Waals surface area contributed by atoms with E-state index in [-0.39, 0.29) is 17.6 Å². The molecule has 1 fully saturated rings. The highest BCUT2D eigenvalue weighted by atomic mass is 35.5. The maximum absolute atomic E-state index is 12.8. The fraction of sp³-hybridized carbons (Fsp3) is 0.273. The Hall–Kier alpha value is -2.94. The van der Waals surface area contributed by atoms with Crippen LogP contribution in [0.15, 0.2) is 48.8 Å². The van der Waals surface area contributed by atoms with Gasteiger partial charge in [0.05, 0.1) is 32.1 Å². The molecule has 0 spiro atoms. The molecule has 3 aromatic rings. The number of nitro groups is 1. The van der Waals surface area contributed by atoms with E-state index in [0.29, 0.717) is 47.3 Å². The van der Waals surface area contributed by atoms with Crippen molar-refractivity contribution in [3.8, 4) is 0 Å². The van der Waals surface area contributed by atoms with E-state index < -0.39 is 4.92 Å². The second-order valence-corrected chi connectivity index (χ2v) is 8.36. The van der Waals surface area contributed by atoms with Crippen LogP contribution in [0.5, 0.6) is 0 Å². The van der Waals surface area contributed by atoms with Crippen molar-refractivity contribution < 1.29 is 9.72 Å². The van der Waals surface area contributed by atoms with Gasteiger partial charge in [0.2, 0.25) is 5.91 Å². The van der Waals surface area contributed by atoms with Crippen molar-refractivity contribution in [3.63, 3.8) is 0 Å². The zero-order valence-electron chi connectivity index (χ0n) is 17.3. The van der Waals surface area contributed by atoms with Crippen LogP contribution in [0.25, 0.3) is 10.8 Å². The SMILES string of the molecule is CC(C(=O)Nc1cccc(Cl)c1Cl)N1CCN(c2ccc([N+](=O)[O-])c3cnccc23)CC1. The molecule has 2 heterocycles. The van der Waals surface area contributed by atoms with Gasteiger partial charge >= 0.3 is 0 Å². The number of pyridine rings is 1. The lowest BCUT2D eigenvalue weighted by Crippen LogP contribution is -2.52. The normalized spacial score (nSPS) is 15.5. The molecule has 0 aliphatic carbocycles. The van der Waals surface area contributed by atoms with E-state index in [0.717, 1.165) is 11.1 Å². The number of anilines is 2. The maximum atomic E-state index is 12.8. The predicted octanol–water partition coefficient (Wildman–Crippen LogP) is 4.60. The molecule has 0 bridgehead atoms. The zero-order valence-corrected chi connectivity index (χ0v) is 18.8. The van der Waals surface area contributed by atoms with Gasteiger partial charge in [-0.2, -0.15) is 0 Å². The standard InChI is InChI=1S/C22H21Cl2N5O3/c1-14(22(30)26-18-4-2-3-17(23)21(18)24)27-9-11-28(12-10-27)19-5-6-20(29(31)32)16-13-25-8-7-15(16)19/h2-8,13-14H,9-12H2,1H3,(H,26,30). The van der Waals surface area contributed by atoms with E-state index in [9.17, 15) is 14.9 Å². The number of piperazine rings is 1. The summed E-state index contributed by atoms with van der Waals surface area (Å²) in [5.41, 5.74) is 1.46. The van der Waals surface area contributed by atoms with Gasteiger partial charge in [0.25, 0.3) is 5.69 Å². The molecular formula is C22H21Cl2N5O3. The molecule has 1 atom stereocenters. The number of halogens is 2. The Balaban J connectivity index is 1.45. The van der Waals surface area contributed by atoms with E-state index in [1.54, 1.807) is 36.5 Å². The molecule has 0 saturated carbocycles. The second kappa shape index (κ2) is 9.28. The zero-order chi connectivity index (χ0) is 22.8. The highest BCUT2D eigenvalue weighted by Crippen LogP contribution is 2.34. The Morgan fingerprint density at radius 3 is 2.59 bits per heavy atom. The molecule has 8 nitrogen and oxygen atoms in total. The largest absolute Gasteiger partial charge is 0.368 e. The van der Waals surface area contributed by atoms with Crippen LogP contribution in [0.4, 0.5) is 17.1 Å². The number of hydrogen-bond donors (Lipinski definition) is 1. The minimum absolute atomic E-state index is 0.0421. The van der Waals surface area contributed by atoms with Crippen molar-refractivity contribution in [3.05, 3.63) is 69.0 Å². The minimum atomic E-state index is -0.391. The van der Waals surface area contributed by atoms with E-state index in [1.165, 1.54) is 12.3 Å². The van der Waals surface area contributed by atoms with Crippen molar-refractivity contribution >= 4 is 56.9 Å². The molecule has 0 radical (unpaired) electrons. The molecule has 10 heteroatoms. The predicted molar refractivity (Wildman–Crippen MR) is 127 cm³/mol. The molecule has 1 aliphatic heterocycles. The van der Waals surface area contributed by atoms with E-state index in [2.05, 4.69) is 20.1 Å². The van der Waals surface area contributed by atoms with Crippen LogP contribution < -0.4 is 10.2 Å². The van der Waals surface area contributed by atoms with Gasteiger partial charge in [0.1, 0.15) is 0 Å².